The third-order valence-electron chi connectivity index (χ3n) is 3.00. The molecule has 3 rings (SSSR count). The number of hydrogen-bond acceptors (Lipinski definition) is 6. The first-order valence-corrected chi connectivity index (χ1v) is 7.70. The molecule has 1 N–H and O–H groups in total. The van der Waals surface area contributed by atoms with Crippen LogP contribution in [0.15, 0.2) is 52.4 Å². The first-order valence-electron chi connectivity index (χ1n) is 6.82. The zero-order valence-electron chi connectivity index (χ0n) is 12.3. The van der Waals surface area contributed by atoms with E-state index in [9.17, 15) is 4.79 Å². The number of anilines is 1. The summed E-state index contributed by atoms with van der Waals surface area (Å²) in [6.07, 6.45) is -0.512. The minimum atomic E-state index is -0.512. The molecule has 2 aromatic heterocycles. The Hall–Kier alpha value is -2.80. The molecule has 0 saturated heterocycles. The van der Waals surface area contributed by atoms with Crippen LogP contribution in [-0.2, 0) is 11.3 Å². The first kappa shape index (κ1) is 15.1. The lowest BCUT2D eigenvalue weighted by Gasteiger charge is -2.06. The second kappa shape index (κ2) is 6.97. The third-order valence-corrected chi connectivity index (χ3v) is 3.88. The molecule has 0 fully saturated rings. The highest BCUT2D eigenvalue weighted by Crippen LogP contribution is 2.25. The molecule has 0 aliphatic carbocycles. The van der Waals surface area contributed by atoms with Crippen molar-refractivity contribution >= 4 is 23.1 Å². The van der Waals surface area contributed by atoms with Gasteiger partial charge < -0.3 is 14.0 Å². The van der Waals surface area contributed by atoms with Crippen molar-refractivity contribution in [3.05, 3.63) is 53.5 Å². The van der Waals surface area contributed by atoms with Gasteiger partial charge in [-0.15, -0.1) is 11.3 Å². The molecule has 0 aliphatic heterocycles. The largest absolute Gasteiger partial charge is 0.487 e. The molecule has 2 heterocycles. The van der Waals surface area contributed by atoms with Gasteiger partial charge in [-0.05, 0) is 35.7 Å². The number of aromatic nitrogens is 1. The normalized spacial score (nSPS) is 10.3. The molecule has 118 valence electrons. The van der Waals surface area contributed by atoms with Crippen LogP contribution < -0.4 is 10.1 Å². The molecular weight excluding hydrogens is 316 g/mol. The SMILES string of the molecule is COC(=O)Nc1ccc(OCc2cc(-c3cccs3)on2)cc1. The minimum absolute atomic E-state index is 0.304. The fraction of sp³-hybridized carbons (Fsp3) is 0.125. The van der Waals surface area contributed by atoms with E-state index in [0.29, 0.717) is 23.7 Å². The lowest BCUT2D eigenvalue weighted by atomic mass is 10.3. The van der Waals surface area contributed by atoms with Crippen LogP contribution in [0.25, 0.3) is 10.6 Å². The Kier molecular flexibility index (Phi) is 4.58. The van der Waals surface area contributed by atoms with Crippen molar-refractivity contribution in [3.8, 4) is 16.4 Å². The standard InChI is InChI=1S/C16H14N2O4S/c1-20-16(19)17-11-4-6-13(7-5-11)21-10-12-9-14(22-18-12)15-3-2-8-23-15/h2-9H,10H2,1H3,(H,17,19). The Morgan fingerprint density at radius 2 is 2.13 bits per heavy atom. The van der Waals surface area contributed by atoms with Crippen molar-refractivity contribution in [1.29, 1.82) is 0 Å². The number of hydrogen-bond donors (Lipinski definition) is 1. The van der Waals surface area contributed by atoms with Crippen LogP contribution in [0.1, 0.15) is 5.69 Å². The van der Waals surface area contributed by atoms with E-state index < -0.39 is 6.09 Å². The molecule has 0 saturated carbocycles. The molecule has 23 heavy (non-hydrogen) atoms. The Labute approximate surface area is 136 Å². The molecular formula is C16H14N2O4S. The van der Waals surface area contributed by atoms with Gasteiger partial charge in [-0.1, -0.05) is 11.2 Å². The van der Waals surface area contributed by atoms with E-state index in [1.807, 2.05) is 23.6 Å². The highest BCUT2D eigenvalue weighted by molar-refractivity contribution is 7.13. The molecule has 0 atom stereocenters. The maximum atomic E-state index is 11.1. The van der Waals surface area contributed by atoms with Crippen LogP contribution in [0, 0.1) is 0 Å². The fourth-order valence-electron chi connectivity index (χ4n) is 1.88. The van der Waals surface area contributed by atoms with E-state index in [1.165, 1.54) is 7.11 Å². The maximum absolute atomic E-state index is 11.1. The van der Waals surface area contributed by atoms with Gasteiger partial charge in [-0.25, -0.2) is 4.79 Å². The number of ether oxygens (including phenoxy) is 2. The molecule has 3 aromatic rings. The lowest BCUT2D eigenvalue weighted by molar-refractivity contribution is 0.187. The molecule has 6 nitrogen and oxygen atoms in total. The fourth-order valence-corrected chi connectivity index (χ4v) is 2.55. The number of nitrogens with one attached hydrogen (secondary N) is 1. The van der Waals surface area contributed by atoms with E-state index >= 15 is 0 Å². The van der Waals surface area contributed by atoms with Gasteiger partial charge in [0.1, 0.15) is 18.1 Å². The predicted molar refractivity (Wildman–Crippen MR) is 86.6 cm³/mol. The average molecular weight is 330 g/mol. The van der Waals surface area contributed by atoms with Crippen LogP contribution >= 0.6 is 11.3 Å². The second-order valence-corrected chi connectivity index (χ2v) is 5.54. The zero-order valence-corrected chi connectivity index (χ0v) is 13.1. The van der Waals surface area contributed by atoms with Gasteiger partial charge in [0.25, 0.3) is 0 Å². The van der Waals surface area contributed by atoms with E-state index in [0.717, 1.165) is 10.6 Å². The number of amides is 1. The van der Waals surface area contributed by atoms with E-state index in [2.05, 4.69) is 15.2 Å². The third kappa shape index (κ3) is 3.89. The Morgan fingerprint density at radius 1 is 1.30 bits per heavy atom. The molecule has 0 spiro atoms. The van der Waals surface area contributed by atoms with Crippen LogP contribution in [-0.4, -0.2) is 18.4 Å². The van der Waals surface area contributed by atoms with Crippen LogP contribution in [0.2, 0.25) is 0 Å². The van der Waals surface area contributed by atoms with Crippen molar-refractivity contribution in [2.24, 2.45) is 0 Å². The van der Waals surface area contributed by atoms with Gasteiger partial charge in [0.05, 0.1) is 12.0 Å². The predicted octanol–water partition coefficient (Wildman–Crippen LogP) is 4.16. The number of thiophene rings is 1. The van der Waals surface area contributed by atoms with Crippen LogP contribution in [0.4, 0.5) is 10.5 Å². The van der Waals surface area contributed by atoms with Crippen molar-refractivity contribution in [3.63, 3.8) is 0 Å². The summed E-state index contributed by atoms with van der Waals surface area (Å²) in [5.41, 5.74) is 1.34. The van der Waals surface area contributed by atoms with Gasteiger partial charge in [-0.2, -0.15) is 0 Å². The maximum Gasteiger partial charge on any atom is 0.411 e. The molecule has 1 amide bonds. The quantitative estimate of drug-likeness (QED) is 0.760. The molecule has 7 heteroatoms. The Balaban J connectivity index is 1.57. The van der Waals surface area contributed by atoms with Gasteiger partial charge in [0, 0.05) is 11.8 Å². The number of benzene rings is 1. The topological polar surface area (TPSA) is 73.6 Å². The number of carbonyl (C=O) groups excluding carboxylic acids is 1. The van der Waals surface area contributed by atoms with E-state index in [4.69, 9.17) is 9.26 Å². The highest BCUT2D eigenvalue weighted by atomic mass is 32.1. The second-order valence-electron chi connectivity index (χ2n) is 4.59. The summed E-state index contributed by atoms with van der Waals surface area (Å²) in [4.78, 5) is 12.1. The number of carbonyl (C=O) groups is 1. The summed E-state index contributed by atoms with van der Waals surface area (Å²) < 4.78 is 15.5. The number of nitrogens with zero attached hydrogens (tertiary/aromatic N) is 1. The minimum Gasteiger partial charge on any atom is -0.487 e. The summed E-state index contributed by atoms with van der Waals surface area (Å²) in [5, 5.41) is 8.54. The van der Waals surface area contributed by atoms with Crippen molar-refractivity contribution in [2.45, 2.75) is 6.61 Å². The highest BCUT2D eigenvalue weighted by Gasteiger charge is 2.08. The summed E-state index contributed by atoms with van der Waals surface area (Å²) >= 11 is 1.59. The average Bonchev–Trinajstić information content (AvgIpc) is 3.25. The Morgan fingerprint density at radius 3 is 2.83 bits per heavy atom. The summed E-state index contributed by atoms with van der Waals surface area (Å²) in [5.74, 6) is 1.40. The monoisotopic (exact) mass is 330 g/mol. The van der Waals surface area contributed by atoms with Gasteiger partial charge in [0.15, 0.2) is 5.76 Å². The first-order chi connectivity index (χ1) is 11.2. The molecule has 0 aliphatic rings. The van der Waals surface area contributed by atoms with Crippen molar-refractivity contribution < 1.29 is 18.8 Å². The molecule has 0 radical (unpaired) electrons. The van der Waals surface area contributed by atoms with Crippen molar-refractivity contribution in [1.82, 2.24) is 5.16 Å². The number of methoxy groups -OCH3 is 1. The van der Waals surface area contributed by atoms with Gasteiger partial charge in [0.2, 0.25) is 0 Å². The van der Waals surface area contributed by atoms with Crippen LogP contribution in [0.5, 0.6) is 5.75 Å². The number of rotatable bonds is 5. The molecule has 1 aromatic carbocycles. The summed E-state index contributed by atoms with van der Waals surface area (Å²) in [6.45, 7) is 0.304. The van der Waals surface area contributed by atoms with E-state index in [-0.39, 0.29) is 0 Å². The van der Waals surface area contributed by atoms with Gasteiger partial charge >= 0.3 is 6.09 Å². The zero-order chi connectivity index (χ0) is 16.1. The summed E-state index contributed by atoms with van der Waals surface area (Å²) in [7, 11) is 1.31. The summed E-state index contributed by atoms with van der Waals surface area (Å²) in [6, 6.07) is 12.8. The van der Waals surface area contributed by atoms with Crippen LogP contribution in [0.3, 0.4) is 0 Å². The van der Waals surface area contributed by atoms with Gasteiger partial charge in [-0.3, -0.25) is 5.32 Å². The molecule has 0 bridgehead atoms. The smallest absolute Gasteiger partial charge is 0.411 e. The Bertz CT molecular complexity index is 766. The van der Waals surface area contributed by atoms with Crippen molar-refractivity contribution in [2.75, 3.05) is 12.4 Å². The molecule has 0 unspecified atom stereocenters. The lowest BCUT2D eigenvalue weighted by Crippen LogP contribution is -2.10. The van der Waals surface area contributed by atoms with E-state index in [1.54, 1.807) is 35.6 Å².